The number of amides is 2. The van der Waals surface area contributed by atoms with E-state index in [1.165, 1.54) is 16.7 Å². The average molecular weight is 359 g/mol. The van der Waals surface area contributed by atoms with E-state index < -0.39 is 0 Å². The second-order valence-electron chi connectivity index (χ2n) is 5.19. The van der Waals surface area contributed by atoms with Crippen molar-refractivity contribution in [1.82, 2.24) is 4.90 Å². The Bertz CT molecular complexity index is 793. The molecule has 122 valence electrons. The normalized spacial score (nSPS) is 14.3. The maximum Gasteiger partial charge on any atom is 0.244 e. The molecule has 0 spiro atoms. The van der Waals surface area contributed by atoms with Crippen LogP contribution in [0.5, 0.6) is 0 Å². The number of thioether (sulfide) groups is 1. The van der Waals surface area contributed by atoms with E-state index in [9.17, 15) is 9.59 Å². The molecule has 0 saturated heterocycles. The van der Waals surface area contributed by atoms with E-state index in [-0.39, 0.29) is 18.4 Å². The largest absolute Gasteiger partial charge is 0.323 e. The quantitative estimate of drug-likeness (QED) is 0.903. The SMILES string of the molecule is O=C(CN1C(=O)CSC=C1c1ccccc1)Nc1ccccc1Cl. The number of nitrogens with one attached hydrogen (secondary N) is 1. The molecule has 2 amide bonds. The molecule has 0 fully saturated rings. The standard InChI is InChI=1S/C18H15ClN2O2S/c19-14-8-4-5-9-15(14)20-17(22)10-21-16(11-24-12-18(21)23)13-6-2-1-3-7-13/h1-9,11H,10,12H2,(H,20,22). The molecule has 0 aliphatic carbocycles. The summed E-state index contributed by atoms with van der Waals surface area (Å²) in [7, 11) is 0. The monoisotopic (exact) mass is 358 g/mol. The lowest BCUT2D eigenvalue weighted by Gasteiger charge is -2.28. The highest BCUT2D eigenvalue weighted by molar-refractivity contribution is 8.03. The summed E-state index contributed by atoms with van der Waals surface area (Å²) in [6.07, 6.45) is 0. The molecular formula is C18H15ClN2O2S. The van der Waals surface area contributed by atoms with Crippen LogP contribution >= 0.6 is 23.4 Å². The zero-order chi connectivity index (χ0) is 16.9. The van der Waals surface area contributed by atoms with Crippen LogP contribution in [0.3, 0.4) is 0 Å². The molecule has 6 heteroatoms. The summed E-state index contributed by atoms with van der Waals surface area (Å²) in [5.41, 5.74) is 2.18. The van der Waals surface area contributed by atoms with Crippen LogP contribution in [0.25, 0.3) is 5.70 Å². The molecule has 0 saturated carbocycles. The molecule has 0 bridgehead atoms. The van der Waals surface area contributed by atoms with Gasteiger partial charge in [-0.25, -0.2) is 0 Å². The fourth-order valence-corrected chi connectivity index (χ4v) is 3.36. The van der Waals surface area contributed by atoms with Crippen molar-refractivity contribution in [1.29, 1.82) is 0 Å². The molecule has 0 unspecified atom stereocenters. The molecule has 0 radical (unpaired) electrons. The highest BCUT2D eigenvalue weighted by Gasteiger charge is 2.25. The number of para-hydroxylation sites is 1. The Balaban J connectivity index is 1.77. The zero-order valence-corrected chi connectivity index (χ0v) is 14.3. The fraction of sp³-hybridized carbons (Fsp3) is 0.111. The van der Waals surface area contributed by atoms with Crippen LogP contribution in [-0.4, -0.2) is 29.0 Å². The summed E-state index contributed by atoms with van der Waals surface area (Å²) in [6, 6.07) is 16.6. The number of anilines is 1. The van der Waals surface area contributed by atoms with Crippen LogP contribution < -0.4 is 5.32 Å². The van der Waals surface area contributed by atoms with Crippen LogP contribution in [0.15, 0.2) is 60.0 Å². The minimum absolute atomic E-state index is 0.0503. The summed E-state index contributed by atoms with van der Waals surface area (Å²) in [5, 5.41) is 5.13. The molecule has 24 heavy (non-hydrogen) atoms. The van der Waals surface area contributed by atoms with Crippen molar-refractivity contribution in [2.45, 2.75) is 0 Å². The van der Waals surface area contributed by atoms with Crippen molar-refractivity contribution >= 4 is 46.6 Å². The van der Waals surface area contributed by atoms with Gasteiger partial charge in [-0.2, -0.15) is 0 Å². The minimum Gasteiger partial charge on any atom is -0.323 e. The van der Waals surface area contributed by atoms with Gasteiger partial charge in [-0.15, -0.1) is 11.8 Å². The van der Waals surface area contributed by atoms with Gasteiger partial charge < -0.3 is 10.2 Å². The lowest BCUT2D eigenvalue weighted by Crippen LogP contribution is -2.39. The molecular weight excluding hydrogens is 344 g/mol. The van der Waals surface area contributed by atoms with Gasteiger partial charge in [-0.05, 0) is 23.1 Å². The van der Waals surface area contributed by atoms with Gasteiger partial charge >= 0.3 is 0 Å². The molecule has 4 nitrogen and oxygen atoms in total. The van der Waals surface area contributed by atoms with Crippen molar-refractivity contribution in [3.8, 4) is 0 Å². The second kappa shape index (κ2) is 7.55. The third kappa shape index (κ3) is 3.80. The number of hydrogen-bond acceptors (Lipinski definition) is 3. The lowest BCUT2D eigenvalue weighted by atomic mass is 10.1. The van der Waals surface area contributed by atoms with Crippen LogP contribution in [0.2, 0.25) is 5.02 Å². The molecule has 0 atom stereocenters. The van der Waals surface area contributed by atoms with E-state index in [2.05, 4.69) is 5.32 Å². The second-order valence-corrected chi connectivity index (χ2v) is 6.45. The Morgan fingerprint density at radius 2 is 1.83 bits per heavy atom. The van der Waals surface area contributed by atoms with Crippen molar-refractivity contribution < 1.29 is 9.59 Å². The number of benzene rings is 2. The van der Waals surface area contributed by atoms with Crippen LogP contribution in [-0.2, 0) is 9.59 Å². The van der Waals surface area contributed by atoms with Crippen molar-refractivity contribution in [3.05, 3.63) is 70.6 Å². The molecule has 1 N–H and O–H groups in total. The predicted octanol–water partition coefficient (Wildman–Crippen LogP) is 3.85. The highest BCUT2D eigenvalue weighted by atomic mass is 35.5. The van der Waals surface area contributed by atoms with Gasteiger partial charge in [-0.1, -0.05) is 54.1 Å². The molecule has 3 rings (SSSR count). The number of nitrogens with zero attached hydrogens (tertiary/aromatic N) is 1. The number of carbonyl (C=O) groups excluding carboxylic acids is 2. The summed E-state index contributed by atoms with van der Waals surface area (Å²) < 4.78 is 0. The van der Waals surface area contributed by atoms with Gasteiger partial charge in [0, 0.05) is 0 Å². The Hall–Kier alpha value is -2.24. The molecule has 1 aliphatic heterocycles. The van der Waals surface area contributed by atoms with Crippen LogP contribution in [0, 0.1) is 0 Å². The van der Waals surface area contributed by atoms with Crippen molar-refractivity contribution in [3.63, 3.8) is 0 Å². The van der Waals surface area contributed by atoms with E-state index in [4.69, 9.17) is 11.6 Å². The average Bonchev–Trinajstić information content (AvgIpc) is 2.59. The summed E-state index contributed by atoms with van der Waals surface area (Å²) >= 11 is 7.49. The Morgan fingerprint density at radius 1 is 1.12 bits per heavy atom. The zero-order valence-electron chi connectivity index (χ0n) is 12.7. The van der Waals surface area contributed by atoms with Gasteiger partial charge in [-0.3, -0.25) is 9.59 Å². The summed E-state index contributed by atoms with van der Waals surface area (Å²) in [4.78, 5) is 26.2. The lowest BCUT2D eigenvalue weighted by molar-refractivity contribution is -0.129. The number of rotatable bonds is 4. The smallest absolute Gasteiger partial charge is 0.244 e. The topological polar surface area (TPSA) is 49.4 Å². The fourth-order valence-electron chi connectivity index (χ4n) is 2.37. The molecule has 2 aromatic carbocycles. The third-order valence-corrected chi connectivity index (χ3v) is 4.65. The van der Waals surface area contributed by atoms with Gasteiger partial charge in [0.2, 0.25) is 11.8 Å². The number of hydrogen-bond donors (Lipinski definition) is 1. The minimum atomic E-state index is -0.287. The van der Waals surface area contributed by atoms with E-state index in [1.54, 1.807) is 24.3 Å². The Labute approximate surface area is 149 Å². The molecule has 1 heterocycles. The molecule has 2 aromatic rings. The summed E-state index contributed by atoms with van der Waals surface area (Å²) in [5.74, 6) is -0.0451. The Morgan fingerprint density at radius 3 is 2.58 bits per heavy atom. The summed E-state index contributed by atoms with van der Waals surface area (Å²) in [6.45, 7) is -0.0503. The van der Waals surface area contributed by atoms with Crippen LogP contribution in [0.4, 0.5) is 5.69 Å². The van der Waals surface area contributed by atoms with E-state index in [1.807, 2.05) is 35.7 Å². The van der Waals surface area contributed by atoms with Crippen molar-refractivity contribution in [2.75, 3.05) is 17.6 Å². The van der Waals surface area contributed by atoms with E-state index in [0.717, 1.165) is 11.3 Å². The number of carbonyl (C=O) groups is 2. The predicted molar refractivity (Wildman–Crippen MR) is 98.7 cm³/mol. The first-order chi connectivity index (χ1) is 11.6. The maximum absolute atomic E-state index is 12.4. The van der Waals surface area contributed by atoms with Gasteiger partial charge in [0.25, 0.3) is 0 Å². The van der Waals surface area contributed by atoms with Gasteiger partial charge in [0.1, 0.15) is 6.54 Å². The Kier molecular flexibility index (Phi) is 5.23. The number of halogens is 1. The van der Waals surface area contributed by atoms with Crippen LogP contribution in [0.1, 0.15) is 5.56 Å². The highest BCUT2D eigenvalue weighted by Crippen LogP contribution is 2.28. The third-order valence-electron chi connectivity index (χ3n) is 3.51. The first-order valence-electron chi connectivity index (χ1n) is 7.37. The van der Waals surface area contributed by atoms with Gasteiger partial charge in [0.15, 0.2) is 0 Å². The van der Waals surface area contributed by atoms with Crippen molar-refractivity contribution in [2.24, 2.45) is 0 Å². The molecule has 0 aromatic heterocycles. The van der Waals surface area contributed by atoms with E-state index >= 15 is 0 Å². The first-order valence-corrected chi connectivity index (χ1v) is 8.80. The first kappa shape index (κ1) is 16.6. The van der Waals surface area contributed by atoms with E-state index in [0.29, 0.717) is 16.5 Å². The van der Waals surface area contributed by atoms with Gasteiger partial charge in [0.05, 0.1) is 22.2 Å². The molecule has 1 aliphatic rings. The maximum atomic E-state index is 12.4.